The zero-order chi connectivity index (χ0) is 13.6. The highest BCUT2D eigenvalue weighted by Gasteiger charge is 2.37. The molecule has 3 nitrogen and oxygen atoms in total. The average molecular weight is 428 g/mol. The largest absolute Gasteiger partial charge is 0.268 e. The first kappa shape index (κ1) is 12.8. The molecule has 0 radical (unpaired) electrons. The molecule has 0 atom stereocenters. The fourth-order valence-corrected chi connectivity index (χ4v) is 3.02. The zero-order valence-corrected chi connectivity index (χ0v) is 13.3. The molecule has 0 N–H and O–H groups in total. The highest BCUT2D eigenvalue weighted by atomic mass is 127. The molecular formula is C14H7BrINO2. The van der Waals surface area contributed by atoms with Crippen molar-refractivity contribution in [1.29, 1.82) is 0 Å². The van der Waals surface area contributed by atoms with E-state index >= 15 is 0 Å². The highest BCUT2D eigenvalue weighted by Crippen LogP contribution is 2.33. The van der Waals surface area contributed by atoms with Crippen molar-refractivity contribution in [2.24, 2.45) is 0 Å². The Balaban J connectivity index is 2.16. The molecule has 0 aliphatic carbocycles. The van der Waals surface area contributed by atoms with Gasteiger partial charge in [0, 0.05) is 8.04 Å². The molecule has 0 saturated heterocycles. The van der Waals surface area contributed by atoms with E-state index in [4.69, 9.17) is 0 Å². The molecule has 0 spiro atoms. The number of hydrogen-bond acceptors (Lipinski definition) is 2. The second-order valence-corrected chi connectivity index (χ2v) is 6.19. The monoisotopic (exact) mass is 427 g/mol. The van der Waals surface area contributed by atoms with Gasteiger partial charge in [0.25, 0.3) is 11.8 Å². The van der Waals surface area contributed by atoms with Crippen LogP contribution < -0.4 is 4.90 Å². The van der Waals surface area contributed by atoms with Crippen molar-refractivity contribution in [3.8, 4) is 0 Å². The standard InChI is InChI=1S/C14H7BrINO2/c15-11-3-1-2-4-12(11)17-13(18)9-6-5-8(16)7-10(9)14(17)19/h1-7H. The van der Waals surface area contributed by atoms with Gasteiger partial charge in [0.15, 0.2) is 0 Å². The summed E-state index contributed by atoms with van der Waals surface area (Å²) in [6, 6.07) is 12.5. The Morgan fingerprint density at radius 1 is 0.947 bits per heavy atom. The molecule has 2 aromatic carbocycles. The summed E-state index contributed by atoms with van der Waals surface area (Å²) in [6.07, 6.45) is 0. The van der Waals surface area contributed by atoms with Crippen molar-refractivity contribution >= 4 is 56.0 Å². The molecular weight excluding hydrogens is 421 g/mol. The van der Waals surface area contributed by atoms with Crippen molar-refractivity contribution in [2.75, 3.05) is 4.90 Å². The number of fused-ring (bicyclic) bond motifs is 1. The van der Waals surface area contributed by atoms with Gasteiger partial charge in [-0.05, 0) is 68.9 Å². The SMILES string of the molecule is O=C1c2ccc(I)cc2C(=O)N1c1ccccc1Br. The second kappa shape index (κ2) is 4.72. The van der Waals surface area contributed by atoms with Crippen LogP contribution >= 0.6 is 38.5 Å². The first-order chi connectivity index (χ1) is 9.09. The van der Waals surface area contributed by atoms with Crippen LogP contribution in [-0.4, -0.2) is 11.8 Å². The number of carbonyl (C=O) groups is 2. The molecule has 2 amide bonds. The molecule has 1 aliphatic rings. The lowest BCUT2D eigenvalue weighted by molar-refractivity contribution is 0.0926. The van der Waals surface area contributed by atoms with E-state index in [2.05, 4.69) is 38.5 Å². The van der Waals surface area contributed by atoms with E-state index in [1.54, 1.807) is 24.3 Å². The van der Waals surface area contributed by atoms with Crippen LogP contribution in [-0.2, 0) is 0 Å². The zero-order valence-electron chi connectivity index (χ0n) is 9.56. The van der Waals surface area contributed by atoms with Crippen LogP contribution in [0.5, 0.6) is 0 Å². The number of nitrogens with zero attached hydrogens (tertiary/aromatic N) is 1. The van der Waals surface area contributed by atoms with Crippen LogP contribution in [0.4, 0.5) is 5.69 Å². The maximum atomic E-state index is 12.4. The molecule has 2 aromatic rings. The minimum Gasteiger partial charge on any atom is -0.268 e. The fraction of sp³-hybridized carbons (Fsp3) is 0. The lowest BCUT2D eigenvalue weighted by atomic mass is 10.1. The van der Waals surface area contributed by atoms with Crippen molar-refractivity contribution in [3.63, 3.8) is 0 Å². The van der Waals surface area contributed by atoms with Gasteiger partial charge in [0.05, 0.1) is 16.8 Å². The number of halogens is 2. The first-order valence-electron chi connectivity index (χ1n) is 5.52. The topological polar surface area (TPSA) is 37.4 Å². The van der Waals surface area contributed by atoms with Gasteiger partial charge < -0.3 is 0 Å². The molecule has 1 aliphatic heterocycles. The normalized spacial score (nSPS) is 13.9. The molecule has 94 valence electrons. The number of rotatable bonds is 1. The number of para-hydroxylation sites is 1. The third-order valence-electron chi connectivity index (χ3n) is 2.94. The summed E-state index contributed by atoms with van der Waals surface area (Å²) in [5.74, 6) is -0.547. The van der Waals surface area contributed by atoms with E-state index in [-0.39, 0.29) is 11.8 Å². The lowest BCUT2D eigenvalue weighted by Gasteiger charge is -2.15. The van der Waals surface area contributed by atoms with Gasteiger partial charge in [-0.1, -0.05) is 12.1 Å². The predicted octanol–water partition coefficient (Wildman–Crippen LogP) is 3.85. The van der Waals surface area contributed by atoms with Gasteiger partial charge in [-0.3, -0.25) is 9.59 Å². The minimum absolute atomic E-state index is 0.273. The van der Waals surface area contributed by atoms with E-state index in [0.29, 0.717) is 16.8 Å². The fourth-order valence-electron chi connectivity index (χ4n) is 2.06. The molecule has 0 fully saturated rings. The van der Waals surface area contributed by atoms with Crippen LogP contribution in [0.3, 0.4) is 0 Å². The van der Waals surface area contributed by atoms with Crippen LogP contribution in [0.2, 0.25) is 0 Å². The smallest absolute Gasteiger partial charge is 0.266 e. The molecule has 0 aromatic heterocycles. The quantitative estimate of drug-likeness (QED) is 0.512. The number of benzene rings is 2. The molecule has 3 rings (SSSR count). The Morgan fingerprint density at radius 2 is 1.63 bits per heavy atom. The third kappa shape index (κ3) is 2.01. The van der Waals surface area contributed by atoms with Crippen molar-refractivity contribution in [3.05, 3.63) is 61.6 Å². The van der Waals surface area contributed by atoms with Gasteiger partial charge in [-0.15, -0.1) is 0 Å². The van der Waals surface area contributed by atoms with Crippen molar-refractivity contribution < 1.29 is 9.59 Å². The summed E-state index contributed by atoms with van der Waals surface area (Å²) >= 11 is 5.50. The van der Waals surface area contributed by atoms with Gasteiger partial charge in [-0.25, -0.2) is 4.90 Å². The molecule has 19 heavy (non-hydrogen) atoms. The number of amides is 2. The summed E-state index contributed by atoms with van der Waals surface area (Å²) in [7, 11) is 0. The van der Waals surface area contributed by atoms with Crippen LogP contribution in [0.15, 0.2) is 46.9 Å². The van der Waals surface area contributed by atoms with Crippen LogP contribution in [0.1, 0.15) is 20.7 Å². The van der Waals surface area contributed by atoms with Crippen molar-refractivity contribution in [2.45, 2.75) is 0 Å². The Kier molecular flexibility index (Phi) is 3.18. The number of anilines is 1. The summed E-state index contributed by atoms with van der Waals surface area (Å²) in [4.78, 5) is 26.0. The minimum atomic E-state index is -0.275. The van der Waals surface area contributed by atoms with E-state index in [1.165, 1.54) is 4.90 Å². The Hall–Kier alpha value is -1.21. The number of hydrogen-bond donors (Lipinski definition) is 0. The van der Waals surface area contributed by atoms with E-state index in [0.717, 1.165) is 8.04 Å². The summed E-state index contributed by atoms with van der Waals surface area (Å²) < 4.78 is 1.66. The van der Waals surface area contributed by atoms with Gasteiger partial charge in [-0.2, -0.15) is 0 Å². The predicted molar refractivity (Wildman–Crippen MR) is 84.4 cm³/mol. The Morgan fingerprint density at radius 3 is 2.37 bits per heavy atom. The maximum Gasteiger partial charge on any atom is 0.266 e. The Bertz CT molecular complexity index is 714. The third-order valence-corrected chi connectivity index (χ3v) is 4.28. The first-order valence-corrected chi connectivity index (χ1v) is 7.39. The summed E-state index contributed by atoms with van der Waals surface area (Å²) in [5, 5.41) is 0. The van der Waals surface area contributed by atoms with Gasteiger partial charge >= 0.3 is 0 Å². The molecule has 1 heterocycles. The average Bonchev–Trinajstić information content (AvgIpc) is 2.63. The molecule has 0 saturated carbocycles. The van der Waals surface area contributed by atoms with Crippen molar-refractivity contribution in [1.82, 2.24) is 0 Å². The second-order valence-electron chi connectivity index (χ2n) is 4.09. The molecule has 0 bridgehead atoms. The van der Waals surface area contributed by atoms with E-state index in [9.17, 15) is 9.59 Å². The highest BCUT2D eigenvalue weighted by molar-refractivity contribution is 14.1. The number of imide groups is 1. The molecule has 0 unspecified atom stereocenters. The summed E-state index contributed by atoms with van der Waals surface area (Å²) in [6.45, 7) is 0. The lowest BCUT2D eigenvalue weighted by Crippen LogP contribution is -2.29. The molecule has 5 heteroatoms. The Labute approximate surface area is 131 Å². The van der Waals surface area contributed by atoms with Gasteiger partial charge in [0.1, 0.15) is 0 Å². The maximum absolute atomic E-state index is 12.4. The van der Waals surface area contributed by atoms with Crippen LogP contribution in [0.25, 0.3) is 0 Å². The van der Waals surface area contributed by atoms with Crippen LogP contribution in [0, 0.1) is 3.57 Å². The van der Waals surface area contributed by atoms with E-state index < -0.39 is 0 Å². The van der Waals surface area contributed by atoms with Gasteiger partial charge in [0.2, 0.25) is 0 Å². The summed E-state index contributed by atoms with van der Waals surface area (Å²) in [5.41, 5.74) is 1.50. The van der Waals surface area contributed by atoms with E-state index in [1.807, 2.05) is 18.2 Å². The number of carbonyl (C=O) groups excluding carboxylic acids is 2.